The van der Waals surface area contributed by atoms with Crippen LogP contribution < -0.4 is 11.3 Å². The summed E-state index contributed by atoms with van der Waals surface area (Å²) in [5, 5.41) is 0. The van der Waals surface area contributed by atoms with Gasteiger partial charge in [0.25, 0.3) is 0 Å². The summed E-state index contributed by atoms with van der Waals surface area (Å²) in [6.45, 7) is 0. The maximum atomic E-state index is 5.88. The Labute approximate surface area is 114 Å². The fourth-order valence-corrected chi connectivity index (χ4v) is 4.87. The van der Waals surface area contributed by atoms with Crippen LogP contribution in [0.4, 0.5) is 0 Å². The summed E-state index contributed by atoms with van der Waals surface area (Å²) in [5.74, 6) is 8.43. The van der Waals surface area contributed by atoms with Crippen molar-refractivity contribution < 1.29 is 0 Å². The van der Waals surface area contributed by atoms with Crippen LogP contribution in [0.25, 0.3) is 0 Å². The van der Waals surface area contributed by atoms with Crippen LogP contribution in [-0.4, -0.2) is 11.8 Å². The molecule has 3 heteroatoms. The van der Waals surface area contributed by atoms with Gasteiger partial charge < -0.3 is 0 Å². The third-order valence-electron chi connectivity index (χ3n) is 4.52. The monoisotopic (exact) mass is 262 g/mol. The molecule has 98 valence electrons. The quantitative estimate of drug-likeness (QED) is 0.648. The third kappa shape index (κ3) is 2.31. The summed E-state index contributed by atoms with van der Waals surface area (Å²) in [6.07, 6.45) is 6.86. The van der Waals surface area contributed by atoms with Crippen molar-refractivity contribution in [1.29, 1.82) is 0 Å². The number of hydrogen-bond donors (Lipinski definition) is 2. The fourth-order valence-electron chi connectivity index (χ4n) is 3.56. The summed E-state index contributed by atoms with van der Waals surface area (Å²) in [7, 11) is 0. The molecule has 1 aromatic rings. The third-order valence-corrected chi connectivity index (χ3v) is 5.73. The molecule has 0 radical (unpaired) electrons. The van der Waals surface area contributed by atoms with Gasteiger partial charge in [-0.2, -0.15) is 0 Å². The Hall–Kier alpha value is -0.510. The summed E-state index contributed by atoms with van der Waals surface area (Å²) in [4.78, 5) is 1.46. The molecule has 2 nitrogen and oxygen atoms in total. The lowest BCUT2D eigenvalue weighted by molar-refractivity contribution is 0.248. The molecule has 18 heavy (non-hydrogen) atoms. The van der Waals surface area contributed by atoms with E-state index in [0.29, 0.717) is 12.0 Å². The van der Waals surface area contributed by atoms with Gasteiger partial charge in [0.15, 0.2) is 0 Å². The summed E-state index contributed by atoms with van der Waals surface area (Å²) in [6, 6.07) is 9.29. The second-order valence-corrected chi connectivity index (χ2v) is 6.61. The molecule has 3 N–H and O–H groups in total. The Balaban J connectivity index is 1.80. The lowest BCUT2D eigenvalue weighted by Gasteiger charge is -2.33. The number of rotatable bonds is 3. The number of benzene rings is 1. The van der Waals surface area contributed by atoms with Gasteiger partial charge in [-0.25, -0.2) is 0 Å². The zero-order valence-electron chi connectivity index (χ0n) is 10.8. The first-order valence-corrected chi connectivity index (χ1v) is 8.06. The second-order valence-electron chi connectivity index (χ2n) is 5.55. The SMILES string of the molecule is NNC(C1CCCCC1)C1CSc2ccccc21. The lowest BCUT2D eigenvalue weighted by atomic mass is 9.77. The topological polar surface area (TPSA) is 38.0 Å². The highest BCUT2D eigenvalue weighted by atomic mass is 32.2. The minimum atomic E-state index is 0.460. The van der Waals surface area contributed by atoms with Gasteiger partial charge in [-0.3, -0.25) is 11.3 Å². The van der Waals surface area contributed by atoms with E-state index >= 15 is 0 Å². The lowest BCUT2D eigenvalue weighted by Crippen LogP contribution is -2.45. The van der Waals surface area contributed by atoms with Crippen LogP contribution in [-0.2, 0) is 0 Å². The van der Waals surface area contributed by atoms with Crippen molar-refractivity contribution in [1.82, 2.24) is 5.43 Å². The van der Waals surface area contributed by atoms with E-state index in [2.05, 4.69) is 29.7 Å². The van der Waals surface area contributed by atoms with Gasteiger partial charge in [-0.15, -0.1) is 11.8 Å². The summed E-state index contributed by atoms with van der Waals surface area (Å²) < 4.78 is 0. The molecule has 0 amide bonds. The molecule has 3 rings (SSSR count). The van der Waals surface area contributed by atoms with E-state index in [1.54, 1.807) is 0 Å². The Bertz CT molecular complexity index is 401. The first-order chi connectivity index (χ1) is 8.90. The smallest absolute Gasteiger partial charge is 0.0315 e. The number of thioether (sulfide) groups is 1. The van der Waals surface area contributed by atoms with Crippen LogP contribution >= 0.6 is 11.8 Å². The van der Waals surface area contributed by atoms with Crippen LogP contribution in [0.1, 0.15) is 43.6 Å². The van der Waals surface area contributed by atoms with Crippen LogP contribution in [0.15, 0.2) is 29.2 Å². The van der Waals surface area contributed by atoms with Crippen LogP contribution in [0.3, 0.4) is 0 Å². The van der Waals surface area contributed by atoms with E-state index in [-0.39, 0.29) is 0 Å². The van der Waals surface area contributed by atoms with Gasteiger partial charge in [0.05, 0.1) is 0 Å². The second kappa shape index (κ2) is 5.64. The van der Waals surface area contributed by atoms with E-state index in [1.165, 1.54) is 48.3 Å². The van der Waals surface area contributed by atoms with E-state index in [9.17, 15) is 0 Å². The fraction of sp³-hybridized carbons (Fsp3) is 0.600. The molecule has 1 aliphatic carbocycles. The first kappa shape index (κ1) is 12.5. The van der Waals surface area contributed by atoms with Crippen LogP contribution in [0.2, 0.25) is 0 Å². The van der Waals surface area contributed by atoms with E-state index in [1.807, 2.05) is 11.8 Å². The average molecular weight is 262 g/mol. The maximum Gasteiger partial charge on any atom is 0.0315 e. The standard InChI is InChI=1S/C15H22N2S/c16-17-15(11-6-2-1-3-7-11)13-10-18-14-9-5-4-8-12(13)14/h4-5,8-9,11,13,15,17H,1-3,6-7,10,16H2. The zero-order valence-corrected chi connectivity index (χ0v) is 11.6. The van der Waals surface area contributed by atoms with Gasteiger partial charge in [0.2, 0.25) is 0 Å². The van der Waals surface area contributed by atoms with Crippen molar-refractivity contribution >= 4 is 11.8 Å². The molecule has 2 aliphatic rings. The average Bonchev–Trinajstić information content (AvgIpc) is 2.85. The molecule has 1 aliphatic heterocycles. The summed E-state index contributed by atoms with van der Waals surface area (Å²) in [5.41, 5.74) is 4.65. The number of hydrazine groups is 1. The van der Waals surface area contributed by atoms with Gasteiger partial charge in [-0.1, -0.05) is 37.5 Å². The van der Waals surface area contributed by atoms with Crippen molar-refractivity contribution in [3.8, 4) is 0 Å². The first-order valence-electron chi connectivity index (χ1n) is 7.08. The van der Waals surface area contributed by atoms with Gasteiger partial charge in [0, 0.05) is 22.6 Å². The molecular formula is C15H22N2S. The van der Waals surface area contributed by atoms with Crippen molar-refractivity contribution in [2.45, 2.75) is 49.0 Å². The normalized spacial score (nSPS) is 25.9. The van der Waals surface area contributed by atoms with E-state index in [4.69, 9.17) is 5.84 Å². The molecular weight excluding hydrogens is 240 g/mol. The number of nitrogens with one attached hydrogen (secondary N) is 1. The molecule has 0 aromatic heterocycles. The number of hydrogen-bond acceptors (Lipinski definition) is 3. The highest BCUT2D eigenvalue weighted by Crippen LogP contribution is 2.44. The minimum absolute atomic E-state index is 0.460. The molecule has 1 aromatic carbocycles. The number of nitrogens with two attached hydrogens (primary N) is 1. The van der Waals surface area contributed by atoms with Crippen LogP contribution in [0.5, 0.6) is 0 Å². The highest BCUT2D eigenvalue weighted by Gasteiger charge is 2.34. The molecule has 1 heterocycles. The molecule has 2 unspecified atom stereocenters. The molecule has 1 saturated carbocycles. The van der Waals surface area contributed by atoms with Gasteiger partial charge in [-0.05, 0) is 30.4 Å². The Morgan fingerprint density at radius 3 is 2.72 bits per heavy atom. The van der Waals surface area contributed by atoms with Crippen molar-refractivity contribution in [3.63, 3.8) is 0 Å². The maximum absolute atomic E-state index is 5.88. The zero-order chi connectivity index (χ0) is 12.4. The highest BCUT2D eigenvalue weighted by molar-refractivity contribution is 7.99. The predicted molar refractivity (Wildman–Crippen MR) is 77.6 cm³/mol. The van der Waals surface area contributed by atoms with E-state index in [0.717, 1.165) is 5.92 Å². The van der Waals surface area contributed by atoms with Gasteiger partial charge in [0.1, 0.15) is 0 Å². The van der Waals surface area contributed by atoms with Gasteiger partial charge >= 0.3 is 0 Å². The van der Waals surface area contributed by atoms with Crippen molar-refractivity contribution in [2.24, 2.45) is 11.8 Å². The largest absolute Gasteiger partial charge is 0.271 e. The van der Waals surface area contributed by atoms with E-state index < -0.39 is 0 Å². The Morgan fingerprint density at radius 1 is 1.17 bits per heavy atom. The van der Waals surface area contributed by atoms with Crippen molar-refractivity contribution in [2.75, 3.05) is 5.75 Å². The Morgan fingerprint density at radius 2 is 1.94 bits per heavy atom. The minimum Gasteiger partial charge on any atom is -0.271 e. The molecule has 0 saturated heterocycles. The molecule has 1 fully saturated rings. The molecule has 0 bridgehead atoms. The number of fused-ring (bicyclic) bond motifs is 1. The molecule has 2 atom stereocenters. The Kier molecular flexibility index (Phi) is 3.92. The van der Waals surface area contributed by atoms with Crippen molar-refractivity contribution in [3.05, 3.63) is 29.8 Å². The summed E-state index contributed by atoms with van der Waals surface area (Å²) >= 11 is 1.99. The van der Waals surface area contributed by atoms with Crippen LogP contribution in [0, 0.1) is 5.92 Å². The predicted octanol–water partition coefficient (Wildman–Crippen LogP) is 3.29. The molecule has 0 spiro atoms.